The van der Waals surface area contributed by atoms with Crippen LogP contribution < -0.4 is 5.32 Å². The van der Waals surface area contributed by atoms with Crippen molar-refractivity contribution in [3.05, 3.63) is 47.8 Å². The van der Waals surface area contributed by atoms with Gasteiger partial charge in [-0.1, -0.05) is 0 Å². The second kappa shape index (κ2) is 5.39. The van der Waals surface area contributed by atoms with Crippen LogP contribution in [0.4, 0.5) is 4.39 Å². The maximum Gasteiger partial charge on any atom is 0.251 e. The van der Waals surface area contributed by atoms with Gasteiger partial charge in [-0.05, 0) is 31.2 Å². The summed E-state index contributed by atoms with van der Waals surface area (Å²) in [5, 5.41) is 10.4. The second-order valence-corrected chi connectivity index (χ2v) is 3.72. The predicted octanol–water partition coefficient (Wildman–Crippen LogP) is 1.37. The molecule has 1 heterocycles. The minimum absolute atomic E-state index is 0.263. The molecule has 6 heteroatoms. The fourth-order valence-corrected chi connectivity index (χ4v) is 1.54. The van der Waals surface area contributed by atoms with E-state index in [0.717, 1.165) is 6.54 Å². The quantitative estimate of drug-likeness (QED) is 0.888. The van der Waals surface area contributed by atoms with E-state index in [1.807, 2.05) is 11.5 Å². The molecule has 0 bridgehead atoms. The van der Waals surface area contributed by atoms with E-state index in [2.05, 4.69) is 15.5 Å². The molecule has 0 saturated carbocycles. The van der Waals surface area contributed by atoms with Gasteiger partial charge in [0.25, 0.3) is 5.91 Å². The lowest BCUT2D eigenvalue weighted by Crippen LogP contribution is -2.24. The van der Waals surface area contributed by atoms with Crippen molar-refractivity contribution >= 4 is 5.91 Å². The number of nitrogens with one attached hydrogen (secondary N) is 1. The van der Waals surface area contributed by atoms with Gasteiger partial charge in [0, 0.05) is 12.1 Å². The van der Waals surface area contributed by atoms with Crippen LogP contribution in [0.3, 0.4) is 0 Å². The number of halogens is 1. The number of aromatic nitrogens is 3. The van der Waals surface area contributed by atoms with E-state index in [1.54, 1.807) is 6.33 Å². The Morgan fingerprint density at radius 2 is 2.11 bits per heavy atom. The molecule has 0 fully saturated rings. The molecule has 2 rings (SSSR count). The SMILES string of the molecule is CCn1cnnc1CNC(=O)c1ccc(F)cc1. The van der Waals surface area contributed by atoms with Crippen LogP contribution in [0.15, 0.2) is 30.6 Å². The molecular formula is C12H13FN4O. The van der Waals surface area contributed by atoms with E-state index in [1.165, 1.54) is 24.3 Å². The van der Waals surface area contributed by atoms with Crippen LogP contribution in [0.5, 0.6) is 0 Å². The van der Waals surface area contributed by atoms with Gasteiger partial charge < -0.3 is 9.88 Å². The van der Waals surface area contributed by atoms with Gasteiger partial charge in [-0.2, -0.15) is 0 Å². The Labute approximate surface area is 104 Å². The number of aryl methyl sites for hydroxylation is 1. The summed E-state index contributed by atoms with van der Waals surface area (Å²) in [4.78, 5) is 11.8. The summed E-state index contributed by atoms with van der Waals surface area (Å²) < 4.78 is 14.5. The number of hydrogen-bond donors (Lipinski definition) is 1. The van der Waals surface area contributed by atoms with E-state index in [-0.39, 0.29) is 11.7 Å². The Bertz CT molecular complexity index is 535. The zero-order valence-electron chi connectivity index (χ0n) is 9.93. The van der Waals surface area contributed by atoms with E-state index in [0.29, 0.717) is 17.9 Å². The van der Waals surface area contributed by atoms with Crippen molar-refractivity contribution in [3.8, 4) is 0 Å². The third-order valence-corrected chi connectivity index (χ3v) is 2.55. The highest BCUT2D eigenvalue weighted by Gasteiger charge is 2.07. The molecule has 0 spiro atoms. The number of carbonyl (C=O) groups excluding carboxylic acids is 1. The van der Waals surface area contributed by atoms with Gasteiger partial charge in [0.1, 0.15) is 12.1 Å². The van der Waals surface area contributed by atoms with Crippen LogP contribution in [-0.2, 0) is 13.1 Å². The van der Waals surface area contributed by atoms with Gasteiger partial charge in [-0.3, -0.25) is 4.79 Å². The van der Waals surface area contributed by atoms with Gasteiger partial charge in [-0.15, -0.1) is 10.2 Å². The molecule has 0 atom stereocenters. The molecule has 0 saturated heterocycles. The van der Waals surface area contributed by atoms with Crippen molar-refractivity contribution in [2.45, 2.75) is 20.0 Å². The second-order valence-electron chi connectivity index (χ2n) is 3.72. The van der Waals surface area contributed by atoms with Crippen molar-refractivity contribution < 1.29 is 9.18 Å². The third-order valence-electron chi connectivity index (χ3n) is 2.55. The average molecular weight is 248 g/mol. The summed E-state index contributed by atoms with van der Waals surface area (Å²) in [7, 11) is 0. The van der Waals surface area contributed by atoms with Crippen molar-refractivity contribution in [3.63, 3.8) is 0 Å². The molecule has 94 valence electrons. The molecule has 0 unspecified atom stereocenters. The summed E-state index contributed by atoms with van der Waals surface area (Å²) in [6.07, 6.45) is 1.61. The minimum Gasteiger partial charge on any atom is -0.345 e. The first-order valence-corrected chi connectivity index (χ1v) is 5.61. The largest absolute Gasteiger partial charge is 0.345 e. The van der Waals surface area contributed by atoms with Crippen molar-refractivity contribution in [2.24, 2.45) is 0 Å². The van der Waals surface area contributed by atoms with Crippen LogP contribution in [0.2, 0.25) is 0 Å². The van der Waals surface area contributed by atoms with Crippen molar-refractivity contribution in [2.75, 3.05) is 0 Å². The zero-order valence-corrected chi connectivity index (χ0v) is 9.93. The molecule has 18 heavy (non-hydrogen) atoms. The molecule has 1 N–H and O–H groups in total. The monoisotopic (exact) mass is 248 g/mol. The number of rotatable bonds is 4. The van der Waals surface area contributed by atoms with Gasteiger partial charge in [0.2, 0.25) is 0 Å². The number of benzene rings is 1. The van der Waals surface area contributed by atoms with E-state index >= 15 is 0 Å². The van der Waals surface area contributed by atoms with Crippen LogP contribution in [0.1, 0.15) is 23.1 Å². The molecule has 0 aliphatic heterocycles. The highest BCUT2D eigenvalue weighted by atomic mass is 19.1. The molecule has 2 aromatic rings. The Kier molecular flexibility index (Phi) is 3.66. The first kappa shape index (κ1) is 12.2. The fraction of sp³-hybridized carbons (Fsp3) is 0.250. The molecule has 0 aliphatic rings. The Morgan fingerprint density at radius 1 is 1.39 bits per heavy atom. The maximum absolute atomic E-state index is 12.7. The van der Waals surface area contributed by atoms with Crippen LogP contribution in [0.25, 0.3) is 0 Å². The van der Waals surface area contributed by atoms with Crippen LogP contribution in [-0.4, -0.2) is 20.7 Å². The standard InChI is InChI=1S/C12H13FN4O/c1-2-17-8-15-16-11(17)7-14-12(18)9-3-5-10(13)6-4-9/h3-6,8H,2,7H2,1H3,(H,14,18). The molecule has 0 radical (unpaired) electrons. The van der Waals surface area contributed by atoms with E-state index in [9.17, 15) is 9.18 Å². The molecule has 0 aliphatic carbocycles. The van der Waals surface area contributed by atoms with Gasteiger partial charge >= 0.3 is 0 Å². The number of amides is 1. The van der Waals surface area contributed by atoms with Crippen molar-refractivity contribution in [1.29, 1.82) is 0 Å². The van der Waals surface area contributed by atoms with Crippen molar-refractivity contribution in [1.82, 2.24) is 20.1 Å². The molecule has 5 nitrogen and oxygen atoms in total. The first-order valence-electron chi connectivity index (χ1n) is 5.61. The van der Waals surface area contributed by atoms with E-state index in [4.69, 9.17) is 0 Å². The molecule has 1 amide bonds. The number of nitrogens with zero attached hydrogens (tertiary/aromatic N) is 3. The first-order chi connectivity index (χ1) is 8.70. The van der Waals surface area contributed by atoms with Gasteiger partial charge in [0.05, 0.1) is 6.54 Å². The Balaban J connectivity index is 1.98. The highest BCUT2D eigenvalue weighted by molar-refractivity contribution is 5.94. The summed E-state index contributed by atoms with van der Waals surface area (Å²) >= 11 is 0. The zero-order chi connectivity index (χ0) is 13.0. The molecule has 1 aromatic heterocycles. The summed E-state index contributed by atoms with van der Waals surface area (Å²) in [5.41, 5.74) is 0.416. The van der Waals surface area contributed by atoms with Gasteiger partial charge in [-0.25, -0.2) is 4.39 Å². The van der Waals surface area contributed by atoms with E-state index < -0.39 is 0 Å². The number of hydrogen-bond acceptors (Lipinski definition) is 3. The topological polar surface area (TPSA) is 59.8 Å². The lowest BCUT2D eigenvalue weighted by atomic mass is 10.2. The predicted molar refractivity (Wildman–Crippen MR) is 63.3 cm³/mol. The molecular weight excluding hydrogens is 235 g/mol. The maximum atomic E-state index is 12.7. The average Bonchev–Trinajstić information content (AvgIpc) is 2.84. The lowest BCUT2D eigenvalue weighted by molar-refractivity contribution is 0.0949. The van der Waals surface area contributed by atoms with Gasteiger partial charge in [0.15, 0.2) is 5.82 Å². The molecule has 1 aromatic carbocycles. The van der Waals surface area contributed by atoms with Crippen LogP contribution in [0, 0.1) is 5.82 Å². The fourth-order valence-electron chi connectivity index (χ4n) is 1.54. The number of carbonyl (C=O) groups is 1. The summed E-state index contributed by atoms with van der Waals surface area (Å²) in [6, 6.07) is 5.39. The third kappa shape index (κ3) is 2.71. The smallest absolute Gasteiger partial charge is 0.251 e. The Hall–Kier alpha value is -2.24. The minimum atomic E-state index is -0.364. The summed E-state index contributed by atoms with van der Waals surface area (Å²) in [5.74, 6) is 0.0610. The van der Waals surface area contributed by atoms with Crippen LogP contribution >= 0.6 is 0 Å². The lowest BCUT2D eigenvalue weighted by Gasteiger charge is -2.05. The highest BCUT2D eigenvalue weighted by Crippen LogP contribution is 2.03. The summed E-state index contributed by atoms with van der Waals surface area (Å²) in [6.45, 7) is 3.01. The normalized spacial score (nSPS) is 10.3. The Morgan fingerprint density at radius 3 is 2.78 bits per heavy atom.